The highest BCUT2D eigenvalue weighted by molar-refractivity contribution is 7.80. The van der Waals surface area contributed by atoms with Gasteiger partial charge in [0.1, 0.15) is 18.1 Å². The summed E-state index contributed by atoms with van der Waals surface area (Å²) in [5, 5.41) is 27.4. The van der Waals surface area contributed by atoms with Crippen molar-refractivity contribution >= 4 is 47.2 Å². The Morgan fingerprint density at radius 1 is 0.842 bits per heavy atom. The number of carboxylic acids is 1. The zero-order valence-electron chi connectivity index (χ0n) is 20.5. The van der Waals surface area contributed by atoms with Crippen LogP contribution in [0.25, 0.3) is 10.9 Å². The standard InChI is InChI=1S/C26H31N5O6S/c27-18(11-16-12-28-19-9-5-4-8-17(16)19)23(33)30-21(13-32)24(34)31-22(14-38)25(35)29-20(26(36)37)10-15-6-2-1-3-7-15/h1-9,12,18,20-22,28,32,38H,10-11,13-14,27H2,(H,29,35)(H,30,33)(H,31,34)(H,36,37). The Hall–Kier alpha value is -3.87. The van der Waals surface area contributed by atoms with Gasteiger partial charge >= 0.3 is 5.97 Å². The van der Waals surface area contributed by atoms with Gasteiger partial charge < -0.3 is 36.9 Å². The second-order valence-electron chi connectivity index (χ2n) is 8.75. The van der Waals surface area contributed by atoms with E-state index >= 15 is 0 Å². The van der Waals surface area contributed by atoms with Crippen molar-refractivity contribution in [1.29, 1.82) is 0 Å². The summed E-state index contributed by atoms with van der Waals surface area (Å²) in [6.45, 7) is -0.746. The first-order valence-corrected chi connectivity index (χ1v) is 12.6. The molecule has 0 saturated heterocycles. The van der Waals surface area contributed by atoms with Crippen molar-refractivity contribution < 1.29 is 29.4 Å². The third-order valence-electron chi connectivity index (χ3n) is 5.98. The molecule has 0 aliphatic heterocycles. The maximum absolute atomic E-state index is 12.7. The van der Waals surface area contributed by atoms with Crippen LogP contribution in [0.5, 0.6) is 0 Å². The molecule has 3 rings (SSSR count). The smallest absolute Gasteiger partial charge is 0.326 e. The number of aliphatic hydroxyl groups excluding tert-OH is 1. The van der Waals surface area contributed by atoms with Gasteiger partial charge in [0.2, 0.25) is 17.7 Å². The maximum Gasteiger partial charge on any atom is 0.326 e. The third-order valence-corrected chi connectivity index (χ3v) is 6.35. The number of amides is 3. The number of aromatic nitrogens is 1. The second kappa shape index (κ2) is 13.6. The van der Waals surface area contributed by atoms with E-state index in [2.05, 4.69) is 33.6 Å². The highest BCUT2D eigenvalue weighted by Gasteiger charge is 2.29. The predicted octanol–water partition coefficient (Wildman–Crippen LogP) is -0.258. The number of rotatable bonds is 13. The number of carbonyl (C=O) groups excluding carboxylic acids is 3. The summed E-state index contributed by atoms with van der Waals surface area (Å²) in [7, 11) is 0. The quantitative estimate of drug-likeness (QED) is 0.137. The van der Waals surface area contributed by atoms with Crippen LogP contribution in [0.2, 0.25) is 0 Å². The van der Waals surface area contributed by atoms with Crippen LogP contribution in [0.1, 0.15) is 11.1 Å². The van der Waals surface area contributed by atoms with E-state index in [-0.39, 0.29) is 18.6 Å². The summed E-state index contributed by atoms with van der Waals surface area (Å²) in [6.07, 6.45) is 1.99. The lowest BCUT2D eigenvalue weighted by atomic mass is 10.0. The van der Waals surface area contributed by atoms with E-state index < -0.39 is 54.5 Å². The largest absolute Gasteiger partial charge is 0.480 e. The molecule has 1 heterocycles. The average Bonchev–Trinajstić information content (AvgIpc) is 3.32. The number of fused-ring (bicyclic) bond motifs is 1. The van der Waals surface area contributed by atoms with Gasteiger partial charge in [-0.05, 0) is 23.6 Å². The molecule has 202 valence electrons. The maximum atomic E-state index is 12.7. The van der Waals surface area contributed by atoms with Gasteiger partial charge in [0.05, 0.1) is 12.6 Å². The minimum atomic E-state index is -1.38. The van der Waals surface area contributed by atoms with Crippen molar-refractivity contribution in [3.8, 4) is 0 Å². The number of nitrogens with one attached hydrogen (secondary N) is 4. The topological polar surface area (TPSA) is 187 Å². The zero-order chi connectivity index (χ0) is 27.7. The number of para-hydroxylation sites is 1. The Balaban J connectivity index is 1.57. The van der Waals surface area contributed by atoms with E-state index in [1.807, 2.05) is 24.3 Å². The lowest BCUT2D eigenvalue weighted by molar-refractivity contribution is -0.142. The van der Waals surface area contributed by atoms with Crippen molar-refractivity contribution in [1.82, 2.24) is 20.9 Å². The Kier molecular flexibility index (Phi) is 10.3. The molecule has 4 atom stereocenters. The Morgan fingerprint density at radius 2 is 1.45 bits per heavy atom. The molecule has 3 aromatic rings. The van der Waals surface area contributed by atoms with Crippen LogP contribution in [0.4, 0.5) is 0 Å². The third kappa shape index (κ3) is 7.57. The van der Waals surface area contributed by atoms with Gasteiger partial charge in [-0.25, -0.2) is 4.79 Å². The van der Waals surface area contributed by atoms with Gasteiger partial charge in [0, 0.05) is 29.3 Å². The molecule has 0 spiro atoms. The van der Waals surface area contributed by atoms with Gasteiger partial charge in [-0.1, -0.05) is 48.5 Å². The van der Waals surface area contributed by atoms with E-state index in [4.69, 9.17) is 5.73 Å². The van der Waals surface area contributed by atoms with Crippen molar-refractivity contribution in [2.45, 2.75) is 37.0 Å². The number of hydrogen-bond acceptors (Lipinski definition) is 7. The summed E-state index contributed by atoms with van der Waals surface area (Å²) < 4.78 is 0. The molecule has 4 unspecified atom stereocenters. The number of aliphatic carboxylic acids is 1. The number of carboxylic acid groups (broad SMARTS) is 1. The number of thiol groups is 1. The van der Waals surface area contributed by atoms with Crippen molar-refractivity contribution in [3.63, 3.8) is 0 Å². The number of nitrogens with two attached hydrogens (primary N) is 1. The molecule has 38 heavy (non-hydrogen) atoms. The fraction of sp³-hybridized carbons (Fsp3) is 0.308. The predicted molar refractivity (Wildman–Crippen MR) is 144 cm³/mol. The first-order chi connectivity index (χ1) is 18.2. The van der Waals surface area contributed by atoms with E-state index in [1.54, 1.807) is 36.5 Å². The van der Waals surface area contributed by atoms with Crippen LogP contribution in [0.15, 0.2) is 60.8 Å². The summed E-state index contributed by atoms with van der Waals surface area (Å²) in [5.74, 6) is -3.66. The van der Waals surface area contributed by atoms with Crippen molar-refractivity contribution in [3.05, 3.63) is 71.9 Å². The number of aliphatic hydroxyl groups is 1. The molecule has 0 aliphatic rings. The first kappa shape index (κ1) is 28.7. The molecule has 0 saturated carbocycles. The summed E-state index contributed by atoms with van der Waals surface area (Å²) in [5.41, 5.74) is 8.48. The number of H-pyrrole nitrogens is 1. The Bertz CT molecular complexity index is 1270. The molecule has 0 fully saturated rings. The van der Waals surface area contributed by atoms with Gasteiger partial charge in [-0.3, -0.25) is 14.4 Å². The van der Waals surface area contributed by atoms with Crippen LogP contribution in [0, 0.1) is 0 Å². The molecule has 0 bridgehead atoms. The van der Waals surface area contributed by atoms with Gasteiger partial charge in [0.15, 0.2) is 0 Å². The normalized spacial score (nSPS) is 14.2. The first-order valence-electron chi connectivity index (χ1n) is 11.9. The zero-order valence-corrected chi connectivity index (χ0v) is 21.4. The summed E-state index contributed by atoms with van der Waals surface area (Å²) in [6, 6.07) is 11.5. The van der Waals surface area contributed by atoms with Gasteiger partial charge in [0.25, 0.3) is 0 Å². The van der Waals surface area contributed by atoms with Gasteiger partial charge in [-0.2, -0.15) is 12.6 Å². The van der Waals surface area contributed by atoms with Crippen LogP contribution < -0.4 is 21.7 Å². The summed E-state index contributed by atoms with van der Waals surface area (Å²) in [4.78, 5) is 52.9. The minimum Gasteiger partial charge on any atom is -0.480 e. The second-order valence-corrected chi connectivity index (χ2v) is 9.11. The van der Waals surface area contributed by atoms with E-state index in [0.717, 1.165) is 16.5 Å². The Morgan fingerprint density at radius 3 is 2.11 bits per heavy atom. The molecule has 12 heteroatoms. The molecule has 1 aromatic heterocycles. The van der Waals surface area contributed by atoms with Crippen LogP contribution in [-0.4, -0.2) is 75.4 Å². The van der Waals surface area contributed by atoms with E-state index in [1.165, 1.54) is 0 Å². The molecule has 2 aromatic carbocycles. The molecule has 11 nitrogen and oxygen atoms in total. The number of hydrogen-bond donors (Lipinski definition) is 8. The summed E-state index contributed by atoms with van der Waals surface area (Å²) >= 11 is 4.09. The molecule has 0 aliphatic carbocycles. The fourth-order valence-corrected chi connectivity index (χ4v) is 4.15. The average molecular weight is 542 g/mol. The number of carbonyl (C=O) groups is 4. The number of aromatic amines is 1. The fourth-order valence-electron chi connectivity index (χ4n) is 3.89. The highest BCUT2D eigenvalue weighted by Crippen LogP contribution is 2.18. The Labute approximate surface area is 224 Å². The highest BCUT2D eigenvalue weighted by atomic mass is 32.1. The monoisotopic (exact) mass is 541 g/mol. The molecule has 3 amide bonds. The van der Waals surface area contributed by atoms with Gasteiger partial charge in [-0.15, -0.1) is 0 Å². The number of benzene rings is 2. The molecular weight excluding hydrogens is 510 g/mol. The van der Waals surface area contributed by atoms with Crippen molar-refractivity contribution in [2.75, 3.05) is 12.4 Å². The van der Waals surface area contributed by atoms with Crippen LogP contribution in [0.3, 0.4) is 0 Å². The molecule has 0 radical (unpaired) electrons. The molecular formula is C26H31N5O6S. The van der Waals surface area contributed by atoms with Crippen LogP contribution >= 0.6 is 12.6 Å². The van der Waals surface area contributed by atoms with Crippen molar-refractivity contribution in [2.24, 2.45) is 5.73 Å². The van der Waals surface area contributed by atoms with Crippen LogP contribution in [-0.2, 0) is 32.0 Å². The lowest BCUT2D eigenvalue weighted by Crippen LogP contribution is -2.58. The lowest BCUT2D eigenvalue weighted by Gasteiger charge is -2.23. The minimum absolute atomic E-state index is 0.0405. The van der Waals surface area contributed by atoms with E-state index in [0.29, 0.717) is 5.56 Å². The van der Waals surface area contributed by atoms with E-state index in [9.17, 15) is 29.4 Å². The molecule has 8 N–H and O–H groups in total. The SMILES string of the molecule is NC(Cc1c[nH]c2ccccc12)C(=O)NC(CO)C(=O)NC(CS)C(=O)NC(Cc1ccccc1)C(=O)O.